The maximum absolute atomic E-state index is 12.8. The van der Waals surface area contributed by atoms with E-state index in [1.54, 1.807) is 32.1 Å². The topological polar surface area (TPSA) is 96.6 Å². The average Bonchev–Trinajstić information content (AvgIpc) is 3.46. The average molecular weight is 507 g/mol. The highest BCUT2D eigenvalue weighted by Crippen LogP contribution is 2.47. The molecular formula is C29H30O8. The van der Waals surface area contributed by atoms with Crippen LogP contribution in [0.3, 0.4) is 0 Å². The third-order valence-corrected chi connectivity index (χ3v) is 7.04. The van der Waals surface area contributed by atoms with Crippen molar-refractivity contribution in [2.75, 3.05) is 6.61 Å². The van der Waals surface area contributed by atoms with E-state index in [2.05, 4.69) is 0 Å². The first kappa shape index (κ1) is 24.5. The fourth-order valence-electron chi connectivity index (χ4n) is 5.26. The Kier molecular flexibility index (Phi) is 5.69. The maximum Gasteiger partial charge on any atom is 0.193 e. The minimum absolute atomic E-state index is 0.120. The molecule has 0 amide bonds. The summed E-state index contributed by atoms with van der Waals surface area (Å²) in [4.78, 5) is 12.8. The summed E-state index contributed by atoms with van der Waals surface area (Å²) in [5.41, 5.74) is 0.640. The van der Waals surface area contributed by atoms with E-state index < -0.39 is 41.8 Å². The molecule has 0 aliphatic carbocycles. The maximum atomic E-state index is 12.8. The van der Waals surface area contributed by atoms with Crippen LogP contribution in [0.15, 0.2) is 69.9 Å². The van der Waals surface area contributed by atoms with E-state index in [0.717, 1.165) is 11.1 Å². The van der Waals surface area contributed by atoms with Crippen molar-refractivity contribution < 1.29 is 33.2 Å². The van der Waals surface area contributed by atoms with Gasteiger partial charge in [0.25, 0.3) is 0 Å². The van der Waals surface area contributed by atoms with E-state index in [-0.39, 0.29) is 12.0 Å². The number of hydrogen-bond acceptors (Lipinski definition) is 8. The van der Waals surface area contributed by atoms with Crippen LogP contribution in [0.5, 0.6) is 0 Å². The van der Waals surface area contributed by atoms with Gasteiger partial charge < -0.3 is 33.2 Å². The molecule has 6 rings (SSSR count). The van der Waals surface area contributed by atoms with Crippen LogP contribution in [-0.4, -0.2) is 53.5 Å². The first-order valence-corrected chi connectivity index (χ1v) is 12.4. The van der Waals surface area contributed by atoms with E-state index in [4.69, 9.17) is 28.1 Å². The smallest absolute Gasteiger partial charge is 0.193 e. The van der Waals surface area contributed by atoms with Gasteiger partial charge in [0, 0.05) is 11.6 Å². The highest BCUT2D eigenvalue weighted by atomic mass is 16.8. The predicted octanol–water partition coefficient (Wildman–Crippen LogP) is 4.23. The molecule has 8 heteroatoms. The normalized spacial score (nSPS) is 32.4. The van der Waals surface area contributed by atoms with E-state index in [1.807, 2.05) is 56.3 Å². The van der Waals surface area contributed by atoms with E-state index in [0.29, 0.717) is 16.7 Å². The SMILES string of the molecule is CC1(C)O[C@H]2O[C@](/C=C/c3ccc4c(=O)cc(-c5ccccc5)oc4c3)([C@H]3COC(C)(C)O3)[C@@H](O)[C@H]2O1. The lowest BCUT2D eigenvalue weighted by Crippen LogP contribution is -2.53. The summed E-state index contributed by atoms with van der Waals surface area (Å²) in [6.07, 6.45) is 0.475. The molecule has 194 valence electrons. The van der Waals surface area contributed by atoms with Gasteiger partial charge in [0.1, 0.15) is 35.3 Å². The first-order valence-electron chi connectivity index (χ1n) is 12.4. The third kappa shape index (κ3) is 4.33. The molecule has 8 nitrogen and oxygen atoms in total. The second-order valence-corrected chi connectivity index (χ2v) is 10.6. The summed E-state index contributed by atoms with van der Waals surface area (Å²) in [5, 5.41) is 11.9. The Morgan fingerprint density at radius 3 is 2.41 bits per heavy atom. The highest BCUT2D eigenvalue weighted by Gasteiger charge is 2.65. The van der Waals surface area contributed by atoms with Crippen LogP contribution in [0.2, 0.25) is 0 Å². The van der Waals surface area contributed by atoms with E-state index >= 15 is 0 Å². The highest BCUT2D eigenvalue weighted by molar-refractivity contribution is 5.81. The minimum atomic E-state index is -1.28. The fourth-order valence-corrected chi connectivity index (χ4v) is 5.26. The van der Waals surface area contributed by atoms with Gasteiger partial charge in [-0.25, -0.2) is 0 Å². The quantitative estimate of drug-likeness (QED) is 0.562. The van der Waals surface area contributed by atoms with Gasteiger partial charge in [-0.2, -0.15) is 0 Å². The second-order valence-electron chi connectivity index (χ2n) is 10.6. The summed E-state index contributed by atoms with van der Waals surface area (Å²) in [6.45, 7) is 7.43. The molecule has 0 unspecified atom stereocenters. The number of aliphatic hydroxyl groups excluding tert-OH is 1. The summed E-state index contributed by atoms with van der Waals surface area (Å²) in [7, 11) is 0. The Morgan fingerprint density at radius 2 is 1.70 bits per heavy atom. The lowest BCUT2D eigenvalue weighted by atomic mass is 9.88. The lowest BCUT2D eigenvalue weighted by molar-refractivity contribution is -0.252. The lowest BCUT2D eigenvalue weighted by Gasteiger charge is -2.36. The van der Waals surface area contributed by atoms with Gasteiger partial charge >= 0.3 is 0 Å². The molecule has 3 aromatic rings. The van der Waals surface area contributed by atoms with Gasteiger partial charge in [0.05, 0.1) is 12.0 Å². The Hall–Kier alpha value is -2.85. The van der Waals surface area contributed by atoms with Crippen LogP contribution in [0.4, 0.5) is 0 Å². The molecular weight excluding hydrogens is 476 g/mol. The van der Waals surface area contributed by atoms with Crippen molar-refractivity contribution in [3.63, 3.8) is 0 Å². The zero-order chi connectivity index (χ0) is 26.0. The van der Waals surface area contributed by atoms with Crippen molar-refractivity contribution in [1.82, 2.24) is 0 Å². The van der Waals surface area contributed by atoms with Crippen molar-refractivity contribution >= 4 is 17.0 Å². The van der Waals surface area contributed by atoms with Gasteiger partial charge in [0.2, 0.25) is 0 Å². The molecule has 0 bridgehead atoms. The van der Waals surface area contributed by atoms with Crippen LogP contribution < -0.4 is 5.43 Å². The molecule has 1 N–H and O–H groups in total. The summed E-state index contributed by atoms with van der Waals surface area (Å²) in [5.74, 6) is -1.20. The number of rotatable bonds is 4. The minimum Gasteiger partial charge on any atom is -0.456 e. The summed E-state index contributed by atoms with van der Waals surface area (Å²) < 4.78 is 36.2. The number of benzene rings is 2. The monoisotopic (exact) mass is 506 g/mol. The van der Waals surface area contributed by atoms with Crippen LogP contribution in [0.25, 0.3) is 28.4 Å². The first-order chi connectivity index (χ1) is 17.6. The Balaban J connectivity index is 1.37. The largest absolute Gasteiger partial charge is 0.456 e. The van der Waals surface area contributed by atoms with Crippen LogP contribution in [-0.2, 0) is 23.7 Å². The van der Waals surface area contributed by atoms with Crippen LogP contribution >= 0.6 is 0 Å². The van der Waals surface area contributed by atoms with Gasteiger partial charge in [-0.05, 0) is 51.5 Å². The van der Waals surface area contributed by atoms with Crippen LogP contribution in [0.1, 0.15) is 33.3 Å². The van der Waals surface area contributed by atoms with Crippen molar-refractivity contribution in [1.29, 1.82) is 0 Å². The molecule has 0 saturated carbocycles. The third-order valence-electron chi connectivity index (χ3n) is 7.04. The second kappa shape index (κ2) is 8.59. The molecule has 4 heterocycles. The molecule has 3 fully saturated rings. The standard InChI is InChI=1S/C29H30O8/c1-27(2)32-16-23(34-27)29(25(31)24-26(37-29)36-28(3,4)35-24)13-12-17-10-11-19-20(30)15-21(33-22(19)14-17)18-8-6-5-7-9-18/h5-15,23-26,31H,16H2,1-4H3/b13-12+/t23-,24-,25+,26+,29-/m1/s1. The molecule has 37 heavy (non-hydrogen) atoms. The van der Waals surface area contributed by atoms with Crippen molar-refractivity contribution in [3.05, 3.63) is 76.5 Å². The summed E-state index contributed by atoms with van der Waals surface area (Å²) >= 11 is 0. The zero-order valence-corrected chi connectivity index (χ0v) is 21.2. The fraction of sp³-hybridized carbons (Fsp3) is 0.414. The number of aliphatic hydroxyl groups is 1. The van der Waals surface area contributed by atoms with Gasteiger partial charge in [-0.3, -0.25) is 4.79 Å². The van der Waals surface area contributed by atoms with Crippen molar-refractivity contribution in [2.24, 2.45) is 0 Å². The molecule has 5 atom stereocenters. The van der Waals surface area contributed by atoms with Gasteiger partial charge in [-0.15, -0.1) is 0 Å². The number of hydrogen-bond donors (Lipinski definition) is 1. The predicted molar refractivity (Wildman–Crippen MR) is 136 cm³/mol. The number of ether oxygens (including phenoxy) is 5. The van der Waals surface area contributed by atoms with E-state index in [9.17, 15) is 9.90 Å². The van der Waals surface area contributed by atoms with E-state index in [1.165, 1.54) is 6.07 Å². The molecule has 3 saturated heterocycles. The molecule has 3 aliphatic heterocycles. The Morgan fingerprint density at radius 1 is 0.919 bits per heavy atom. The molecule has 0 radical (unpaired) electrons. The zero-order valence-electron chi connectivity index (χ0n) is 21.2. The van der Waals surface area contributed by atoms with Gasteiger partial charge in [0.15, 0.2) is 23.3 Å². The summed E-state index contributed by atoms with van der Waals surface area (Å²) in [6, 6.07) is 16.3. The molecule has 1 aromatic heterocycles. The van der Waals surface area contributed by atoms with Crippen molar-refractivity contribution in [3.8, 4) is 11.3 Å². The Labute approximate surface area is 214 Å². The van der Waals surface area contributed by atoms with Gasteiger partial charge in [-0.1, -0.05) is 42.5 Å². The molecule has 2 aromatic carbocycles. The molecule has 3 aliphatic rings. The van der Waals surface area contributed by atoms with Crippen molar-refractivity contribution in [2.45, 2.75) is 69.5 Å². The number of fused-ring (bicyclic) bond motifs is 2. The molecule has 0 spiro atoms. The Bertz CT molecular complexity index is 1410. The van der Waals surface area contributed by atoms with Crippen LogP contribution in [0, 0.1) is 0 Å².